The van der Waals surface area contributed by atoms with E-state index in [2.05, 4.69) is 48.1 Å². The van der Waals surface area contributed by atoms with Gasteiger partial charge in [0.2, 0.25) is 0 Å². The Balaban J connectivity index is 0.00000338. The van der Waals surface area contributed by atoms with Gasteiger partial charge in [-0.25, -0.2) is 0 Å². The minimum atomic E-state index is 0. The fourth-order valence-electron chi connectivity index (χ4n) is 3.94. The lowest BCUT2D eigenvalue weighted by Crippen LogP contribution is -2.49. The van der Waals surface area contributed by atoms with E-state index in [1.807, 2.05) is 0 Å². The standard InChI is InChI=1S/C19H39N5O.HI/c1-5-20-19(21-14-17-8-7-9-23(17)6-2)22-15-18(16(3)4)24-10-12-25-13-11-24;/h16-18H,5-15H2,1-4H3,(H2,20,21,22);1H. The van der Waals surface area contributed by atoms with Crippen LogP contribution in [0.1, 0.15) is 40.5 Å². The summed E-state index contributed by atoms with van der Waals surface area (Å²) >= 11 is 0. The second-order valence-electron chi connectivity index (χ2n) is 7.48. The lowest BCUT2D eigenvalue weighted by Gasteiger charge is -2.36. The Hall–Kier alpha value is -0.120. The van der Waals surface area contributed by atoms with Crippen LogP contribution in [-0.4, -0.2) is 86.9 Å². The topological polar surface area (TPSA) is 52.1 Å². The van der Waals surface area contributed by atoms with Crippen LogP contribution >= 0.6 is 24.0 Å². The van der Waals surface area contributed by atoms with Gasteiger partial charge in [-0.2, -0.15) is 0 Å². The minimum Gasteiger partial charge on any atom is -0.379 e. The Morgan fingerprint density at radius 2 is 1.88 bits per heavy atom. The second-order valence-corrected chi connectivity index (χ2v) is 7.48. The first-order chi connectivity index (χ1) is 12.2. The third kappa shape index (κ3) is 7.48. The Kier molecular flexibility index (Phi) is 12.1. The van der Waals surface area contributed by atoms with E-state index < -0.39 is 0 Å². The van der Waals surface area contributed by atoms with Crippen LogP contribution < -0.4 is 10.6 Å². The summed E-state index contributed by atoms with van der Waals surface area (Å²) in [6, 6.07) is 1.13. The number of halogens is 1. The molecular weight excluding hydrogens is 441 g/mol. The van der Waals surface area contributed by atoms with Gasteiger partial charge < -0.3 is 15.4 Å². The van der Waals surface area contributed by atoms with Crippen LogP contribution in [0, 0.1) is 5.92 Å². The minimum absolute atomic E-state index is 0. The van der Waals surface area contributed by atoms with Crippen LogP contribution in [-0.2, 0) is 4.74 Å². The van der Waals surface area contributed by atoms with Crippen molar-refractivity contribution >= 4 is 29.9 Å². The average Bonchev–Trinajstić information content (AvgIpc) is 3.08. The third-order valence-electron chi connectivity index (χ3n) is 5.48. The number of ether oxygens (including phenoxy) is 1. The SMILES string of the molecule is CCNC(=NCC(C(C)C)N1CCOCC1)NCC1CCCN1CC.I. The number of guanidine groups is 1. The summed E-state index contributed by atoms with van der Waals surface area (Å²) in [6.45, 7) is 17.8. The van der Waals surface area contributed by atoms with Gasteiger partial charge in [-0.1, -0.05) is 20.8 Å². The van der Waals surface area contributed by atoms with Crippen molar-refractivity contribution in [2.24, 2.45) is 10.9 Å². The molecule has 2 saturated heterocycles. The molecule has 2 rings (SSSR count). The Labute approximate surface area is 177 Å². The van der Waals surface area contributed by atoms with Gasteiger partial charge in [0.1, 0.15) is 0 Å². The fraction of sp³-hybridized carbons (Fsp3) is 0.947. The van der Waals surface area contributed by atoms with Crippen LogP contribution in [0.25, 0.3) is 0 Å². The van der Waals surface area contributed by atoms with Gasteiger partial charge in [0.25, 0.3) is 0 Å². The first-order valence-electron chi connectivity index (χ1n) is 10.2. The molecule has 2 atom stereocenters. The molecule has 2 N–H and O–H groups in total. The van der Waals surface area contributed by atoms with Gasteiger partial charge in [0.05, 0.1) is 19.8 Å². The number of likely N-dealkylation sites (tertiary alicyclic amines) is 1. The molecule has 0 saturated carbocycles. The quantitative estimate of drug-likeness (QED) is 0.316. The molecule has 26 heavy (non-hydrogen) atoms. The molecule has 2 aliphatic heterocycles. The van der Waals surface area contributed by atoms with Gasteiger partial charge in [0.15, 0.2) is 5.96 Å². The zero-order valence-corrected chi connectivity index (χ0v) is 19.5. The highest BCUT2D eigenvalue weighted by Crippen LogP contribution is 2.16. The van der Waals surface area contributed by atoms with Crippen molar-refractivity contribution in [2.75, 3.05) is 59.0 Å². The lowest BCUT2D eigenvalue weighted by atomic mass is 10.0. The van der Waals surface area contributed by atoms with Crippen molar-refractivity contribution in [1.82, 2.24) is 20.4 Å². The molecule has 2 unspecified atom stereocenters. The highest BCUT2D eigenvalue weighted by molar-refractivity contribution is 14.0. The van der Waals surface area contributed by atoms with Crippen molar-refractivity contribution in [3.63, 3.8) is 0 Å². The molecule has 154 valence electrons. The number of aliphatic imine (C=N–C) groups is 1. The van der Waals surface area contributed by atoms with E-state index in [0.29, 0.717) is 18.0 Å². The number of nitrogens with zero attached hydrogens (tertiary/aromatic N) is 3. The molecule has 0 aromatic rings. The Bertz CT molecular complexity index is 401. The van der Waals surface area contributed by atoms with Crippen LogP contribution in [0.5, 0.6) is 0 Å². The monoisotopic (exact) mass is 481 g/mol. The molecule has 0 aromatic heterocycles. The Morgan fingerprint density at radius 1 is 1.15 bits per heavy atom. The highest BCUT2D eigenvalue weighted by atomic mass is 127. The maximum Gasteiger partial charge on any atom is 0.191 e. The Morgan fingerprint density at radius 3 is 2.50 bits per heavy atom. The zero-order valence-electron chi connectivity index (χ0n) is 17.2. The van der Waals surface area contributed by atoms with E-state index in [0.717, 1.165) is 58.4 Å². The molecule has 6 nitrogen and oxygen atoms in total. The van der Waals surface area contributed by atoms with E-state index >= 15 is 0 Å². The summed E-state index contributed by atoms with van der Waals surface area (Å²) in [6.07, 6.45) is 2.61. The normalized spacial score (nSPS) is 23.7. The lowest BCUT2D eigenvalue weighted by molar-refractivity contribution is 0.00867. The molecule has 0 spiro atoms. The van der Waals surface area contributed by atoms with Gasteiger partial charge in [-0.15, -0.1) is 24.0 Å². The molecule has 2 heterocycles. The molecule has 0 radical (unpaired) electrons. The van der Waals surface area contributed by atoms with Crippen molar-refractivity contribution in [3.05, 3.63) is 0 Å². The summed E-state index contributed by atoms with van der Waals surface area (Å²) in [4.78, 5) is 10.0. The van der Waals surface area contributed by atoms with Crippen LogP contribution in [0.4, 0.5) is 0 Å². The maximum absolute atomic E-state index is 5.50. The van der Waals surface area contributed by atoms with Gasteiger partial charge in [-0.3, -0.25) is 14.8 Å². The predicted octanol–water partition coefficient (Wildman–Crippen LogP) is 2.00. The highest BCUT2D eigenvalue weighted by Gasteiger charge is 2.25. The molecule has 2 aliphatic rings. The average molecular weight is 481 g/mol. The molecule has 0 aliphatic carbocycles. The number of hydrogen-bond acceptors (Lipinski definition) is 4. The number of hydrogen-bond donors (Lipinski definition) is 2. The summed E-state index contributed by atoms with van der Waals surface area (Å²) in [7, 11) is 0. The molecule has 7 heteroatoms. The molecule has 2 fully saturated rings. The van der Waals surface area contributed by atoms with E-state index in [4.69, 9.17) is 9.73 Å². The number of morpholine rings is 1. The first kappa shape index (κ1) is 23.9. The summed E-state index contributed by atoms with van der Waals surface area (Å²) in [5.41, 5.74) is 0. The first-order valence-corrected chi connectivity index (χ1v) is 10.2. The largest absolute Gasteiger partial charge is 0.379 e. The number of likely N-dealkylation sites (N-methyl/N-ethyl adjacent to an activating group) is 1. The van der Waals surface area contributed by atoms with E-state index in [1.165, 1.54) is 19.4 Å². The molecule has 0 bridgehead atoms. The predicted molar refractivity (Wildman–Crippen MR) is 121 cm³/mol. The summed E-state index contributed by atoms with van der Waals surface area (Å²) < 4.78 is 5.50. The number of nitrogens with one attached hydrogen (secondary N) is 2. The zero-order chi connectivity index (χ0) is 18.1. The summed E-state index contributed by atoms with van der Waals surface area (Å²) in [5, 5.41) is 6.99. The smallest absolute Gasteiger partial charge is 0.191 e. The van der Waals surface area contributed by atoms with Crippen molar-refractivity contribution in [3.8, 4) is 0 Å². The second kappa shape index (κ2) is 13.1. The summed E-state index contributed by atoms with van der Waals surface area (Å²) in [5.74, 6) is 1.56. The van der Waals surface area contributed by atoms with E-state index in [9.17, 15) is 0 Å². The van der Waals surface area contributed by atoms with Crippen molar-refractivity contribution in [1.29, 1.82) is 0 Å². The molecular formula is C19H40IN5O. The van der Waals surface area contributed by atoms with Gasteiger partial charge in [-0.05, 0) is 38.8 Å². The molecule has 0 amide bonds. The number of rotatable bonds is 8. The van der Waals surface area contributed by atoms with Crippen molar-refractivity contribution < 1.29 is 4.74 Å². The van der Waals surface area contributed by atoms with Crippen LogP contribution in [0.15, 0.2) is 4.99 Å². The van der Waals surface area contributed by atoms with Gasteiger partial charge in [0, 0.05) is 38.3 Å². The third-order valence-corrected chi connectivity index (χ3v) is 5.48. The van der Waals surface area contributed by atoms with Gasteiger partial charge >= 0.3 is 0 Å². The maximum atomic E-state index is 5.50. The van der Waals surface area contributed by atoms with Crippen LogP contribution in [0.3, 0.4) is 0 Å². The van der Waals surface area contributed by atoms with Crippen LogP contribution in [0.2, 0.25) is 0 Å². The van der Waals surface area contributed by atoms with E-state index in [-0.39, 0.29) is 24.0 Å². The van der Waals surface area contributed by atoms with Crippen molar-refractivity contribution in [2.45, 2.75) is 52.6 Å². The fourth-order valence-corrected chi connectivity index (χ4v) is 3.94. The van der Waals surface area contributed by atoms with E-state index in [1.54, 1.807) is 0 Å². The molecule has 0 aromatic carbocycles.